The van der Waals surface area contributed by atoms with E-state index >= 15 is 0 Å². The van der Waals surface area contributed by atoms with Gasteiger partial charge in [0.1, 0.15) is 19.0 Å². The van der Waals surface area contributed by atoms with Gasteiger partial charge in [-0.15, -0.1) is 0 Å². The minimum atomic E-state index is -0.316. The summed E-state index contributed by atoms with van der Waals surface area (Å²) in [5.41, 5.74) is 4.05. The van der Waals surface area contributed by atoms with E-state index in [0.29, 0.717) is 25.2 Å². The van der Waals surface area contributed by atoms with Crippen LogP contribution in [0.15, 0.2) is 78.9 Å². The Bertz CT molecular complexity index is 929. The van der Waals surface area contributed by atoms with Crippen molar-refractivity contribution in [1.29, 1.82) is 0 Å². The lowest BCUT2D eigenvalue weighted by atomic mass is 9.99. The highest BCUT2D eigenvalue weighted by molar-refractivity contribution is 5.96. The van der Waals surface area contributed by atoms with Crippen molar-refractivity contribution in [3.8, 4) is 16.9 Å². The van der Waals surface area contributed by atoms with Crippen LogP contribution >= 0.6 is 0 Å². The Hall–Kier alpha value is -3.40. The summed E-state index contributed by atoms with van der Waals surface area (Å²) in [6.45, 7) is 1.92. The van der Waals surface area contributed by atoms with Gasteiger partial charge in [0, 0.05) is 18.9 Å². The van der Waals surface area contributed by atoms with Crippen molar-refractivity contribution in [1.82, 2.24) is 0 Å². The number of rotatable bonds is 9. The van der Waals surface area contributed by atoms with E-state index in [1.807, 2.05) is 66.7 Å². The van der Waals surface area contributed by atoms with E-state index in [-0.39, 0.29) is 18.4 Å². The second-order valence-electron chi connectivity index (χ2n) is 6.70. The number of benzene rings is 3. The number of carbonyl (C=O) groups excluding carboxylic acids is 2. The van der Waals surface area contributed by atoms with E-state index in [1.54, 1.807) is 0 Å². The molecule has 0 aliphatic heterocycles. The highest BCUT2D eigenvalue weighted by Crippen LogP contribution is 2.20. The van der Waals surface area contributed by atoms with Gasteiger partial charge in [0.2, 0.25) is 0 Å². The lowest BCUT2D eigenvalue weighted by Crippen LogP contribution is -2.09. The largest absolute Gasteiger partial charge is 0.490 e. The topological polar surface area (TPSA) is 52.6 Å². The molecule has 3 aromatic carbocycles. The second-order valence-corrected chi connectivity index (χ2v) is 6.70. The summed E-state index contributed by atoms with van der Waals surface area (Å²) < 4.78 is 10.3. The smallest absolute Gasteiger partial charge is 0.302 e. The van der Waals surface area contributed by atoms with E-state index < -0.39 is 0 Å². The monoisotopic (exact) mass is 388 g/mol. The van der Waals surface area contributed by atoms with Crippen LogP contribution in [-0.2, 0) is 16.0 Å². The van der Waals surface area contributed by atoms with Crippen LogP contribution in [0.25, 0.3) is 11.1 Å². The minimum Gasteiger partial charge on any atom is -0.490 e. The standard InChI is InChI=1S/C25H24O4/c1-19(26)28-17-18-29-24-14-7-20(8-15-24)9-16-25(27)23-12-10-22(11-13-23)21-5-3-2-4-6-21/h2-8,10-15H,9,16-18H2,1H3. The zero-order chi connectivity index (χ0) is 20.5. The molecule has 0 aromatic heterocycles. The van der Waals surface area contributed by atoms with Crippen LogP contribution in [0.4, 0.5) is 0 Å². The summed E-state index contributed by atoms with van der Waals surface area (Å²) >= 11 is 0. The van der Waals surface area contributed by atoms with Gasteiger partial charge in [-0.25, -0.2) is 0 Å². The maximum Gasteiger partial charge on any atom is 0.302 e. The Kier molecular flexibility index (Phi) is 7.17. The molecule has 3 rings (SSSR count). The molecule has 0 saturated heterocycles. The molecule has 0 N–H and O–H groups in total. The summed E-state index contributed by atoms with van der Waals surface area (Å²) in [5.74, 6) is 0.526. The first-order valence-corrected chi connectivity index (χ1v) is 9.65. The molecule has 29 heavy (non-hydrogen) atoms. The van der Waals surface area contributed by atoms with Gasteiger partial charge in [-0.2, -0.15) is 0 Å². The fourth-order valence-corrected chi connectivity index (χ4v) is 2.98. The molecule has 0 unspecified atom stereocenters. The number of esters is 1. The third-order valence-electron chi connectivity index (χ3n) is 4.54. The van der Waals surface area contributed by atoms with Crippen LogP contribution in [0.3, 0.4) is 0 Å². The highest BCUT2D eigenvalue weighted by atomic mass is 16.6. The van der Waals surface area contributed by atoms with Crippen LogP contribution in [0.2, 0.25) is 0 Å². The number of carbonyl (C=O) groups is 2. The molecule has 0 aliphatic carbocycles. The fraction of sp³-hybridized carbons (Fsp3) is 0.200. The van der Waals surface area contributed by atoms with Crippen molar-refractivity contribution in [3.05, 3.63) is 90.0 Å². The molecule has 0 saturated carbocycles. The molecule has 0 aliphatic rings. The Morgan fingerprint density at radius 1 is 0.759 bits per heavy atom. The molecule has 0 bridgehead atoms. The molecule has 3 aromatic rings. The zero-order valence-electron chi connectivity index (χ0n) is 16.5. The number of ether oxygens (including phenoxy) is 2. The SMILES string of the molecule is CC(=O)OCCOc1ccc(CCC(=O)c2ccc(-c3ccccc3)cc2)cc1. The van der Waals surface area contributed by atoms with Crippen molar-refractivity contribution < 1.29 is 19.1 Å². The molecular weight excluding hydrogens is 364 g/mol. The van der Waals surface area contributed by atoms with Crippen molar-refractivity contribution in [3.63, 3.8) is 0 Å². The van der Waals surface area contributed by atoms with Gasteiger partial charge < -0.3 is 9.47 Å². The van der Waals surface area contributed by atoms with Gasteiger partial charge >= 0.3 is 5.97 Å². The van der Waals surface area contributed by atoms with E-state index in [9.17, 15) is 9.59 Å². The van der Waals surface area contributed by atoms with Crippen LogP contribution in [0, 0.1) is 0 Å². The van der Waals surface area contributed by atoms with Gasteiger partial charge in [-0.3, -0.25) is 9.59 Å². The van der Waals surface area contributed by atoms with Gasteiger partial charge in [0.05, 0.1) is 0 Å². The molecule has 0 fully saturated rings. The second kappa shape index (κ2) is 10.2. The van der Waals surface area contributed by atoms with Gasteiger partial charge in [0.15, 0.2) is 5.78 Å². The number of hydrogen-bond acceptors (Lipinski definition) is 4. The Morgan fingerprint density at radius 3 is 2.07 bits per heavy atom. The van der Waals surface area contributed by atoms with Crippen LogP contribution in [-0.4, -0.2) is 25.0 Å². The predicted molar refractivity (Wildman–Crippen MR) is 113 cm³/mol. The van der Waals surface area contributed by atoms with E-state index in [1.165, 1.54) is 6.92 Å². The number of ketones is 1. The maximum atomic E-state index is 12.5. The molecule has 0 amide bonds. The average Bonchev–Trinajstić information content (AvgIpc) is 2.76. The molecule has 4 heteroatoms. The zero-order valence-corrected chi connectivity index (χ0v) is 16.5. The van der Waals surface area contributed by atoms with Crippen molar-refractivity contribution in [2.45, 2.75) is 19.8 Å². The van der Waals surface area contributed by atoms with Crippen LogP contribution < -0.4 is 4.74 Å². The quantitative estimate of drug-likeness (QED) is 0.290. The first kappa shape index (κ1) is 20.3. The third-order valence-corrected chi connectivity index (χ3v) is 4.54. The van der Waals surface area contributed by atoms with Crippen molar-refractivity contribution in [2.75, 3.05) is 13.2 Å². The average molecular weight is 388 g/mol. The van der Waals surface area contributed by atoms with E-state index in [4.69, 9.17) is 9.47 Å². The summed E-state index contributed by atoms with van der Waals surface area (Å²) in [6, 6.07) is 25.5. The first-order valence-electron chi connectivity index (χ1n) is 9.65. The summed E-state index contributed by atoms with van der Waals surface area (Å²) in [6.07, 6.45) is 1.13. The molecule has 148 valence electrons. The predicted octanol–water partition coefficient (Wildman–Crippen LogP) is 5.11. The molecule has 4 nitrogen and oxygen atoms in total. The van der Waals surface area contributed by atoms with Gasteiger partial charge in [0.25, 0.3) is 0 Å². The van der Waals surface area contributed by atoms with E-state index in [0.717, 1.165) is 22.3 Å². The normalized spacial score (nSPS) is 10.4. The molecule has 0 spiro atoms. The Labute approximate surface area is 171 Å². The summed E-state index contributed by atoms with van der Waals surface area (Å²) in [7, 11) is 0. The first-order chi connectivity index (χ1) is 14.1. The number of Topliss-reactive ketones (excluding diaryl/α,β-unsaturated/α-hetero) is 1. The summed E-state index contributed by atoms with van der Waals surface area (Å²) in [5, 5.41) is 0. The van der Waals surface area contributed by atoms with Crippen LogP contribution in [0.1, 0.15) is 29.3 Å². The third kappa shape index (κ3) is 6.32. The van der Waals surface area contributed by atoms with Crippen molar-refractivity contribution >= 4 is 11.8 Å². The summed E-state index contributed by atoms with van der Waals surface area (Å²) in [4.78, 5) is 23.2. The lowest BCUT2D eigenvalue weighted by Gasteiger charge is -2.08. The van der Waals surface area contributed by atoms with Gasteiger partial charge in [-0.05, 0) is 35.2 Å². The Morgan fingerprint density at radius 2 is 1.41 bits per heavy atom. The molecule has 0 heterocycles. The molecule has 0 atom stereocenters. The number of aryl methyl sites for hydroxylation is 1. The van der Waals surface area contributed by atoms with Crippen molar-refractivity contribution in [2.24, 2.45) is 0 Å². The minimum absolute atomic E-state index is 0.131. The Balaban J connectivity index is 1.48. The number of hydrogen-bond donors (Lipinski definition) is 0. The molecular formula is C25H24O4. The lowest BCUT2D eigenvalue weighted by molar-refractivity contribution is -0.141. The maximum absolute atomic E-state index is 12.5. The van der Waals surface area contributed by atoms with Gasteiger partial charge in [-0.1, -0.05) is 66.7 Å². The highest BCUT2D eigenvalue weighted by Gasteiger charge is 2.07. The fourth-order valence-electron chi connectivity index (χ4n) is 2.98. The molecule has 0 radical (unpaired) electrons. The van der Waals surface area contributed by atoms with Crippen LogP contribution in [0.5, 0.6) is 5.75 Å². The van der Waals surface area contributed by atoms with E-state index in [2.05, 4.69) is 12.1 Å².